The normalized spacial score (nSPS) is 10.4. The summed E-state index contributed by atoms with van der Waals surface area (Å²) in [6.07, 6.45) is 3.60. The van der Waals surface area contributed by atoms with Gasteiger partial charge in [0, 0.05) is 6.21 Å². The lowest BCUT2D eigenvalue weighted by molar-refractivity contribution is 1.45. The maximum atomic E-state index is 4.43. The van der Waals surface area contributed by atoms with Crippen LogP contribution in [0.25, 0.3) is 6.08 Å². The van der Waals surface area contributed by atoms with Gasteiger partial charge in [0.2, 0.25) is 0 Å². The van der Waals surface area contributed by atoms with Crippen molar-refractivity contribution in [2.75, 3.05) is 0 Å². The molecular formula is C17H15N3. The molecule has 0 aliphatic rings. The zero-order valence-corrected chi connectivity index (χ0v) is 11.2. The maximum absolute atomic E-state index is 4.43. The fourth-order valence-electron chi connectivity index (χ4n) is 1.75. The number of nitrogens with zero attached hydrogens (tertiary/aromatic N) is 3. The molecule has 0 bridgehead atoms. The molecule has 3 heteroatoms. The Kier molecular flexibility index (Phi) is 4.35. The Balaban J connectivity index is 2.32. The summed E-state index contributed by atoms with van der Waals surface area (Å²) < 4.78 is 0. The van der Waals surface area contributed by atoms with Crippen molar-refractivity contribution >= 4 is 42.8 Å². The van der Waals surface area contributed by atoms with E-state index < -0.39 is 0 Å². The average molecular weight is 261 g/mol. The molecule has 2 rings (SSSR count). The summed E-state index contributed by atoms with van der Waals surface area (Å²) in [7, 11) is 0. The van der Waals surface area contributed by atoms with Gasteiger partial charge >= 0.3 is 0 Å². The molecule has 0 aliphatic carbocycles. The van der Waals surface area contributed by atoms with Crippen LogP contribution in [0, 0.1) is 0 Å². The van der Waals surface area contributed by atoms with E-state index in [0.29, 0.717) is 0 Å². The van der Waals surface area contributed by atoms with E-state index in [0.717, 1.165) is 28.2 Å². The number of rotatable bonds is 5. The molecule has 0 spiro atoms. The fourth-order valence-corrected chi connectivity index (χ4v) is 1.75. The van der Waals surface area contributed by atoms with Gasteiger partial charge in [-0.05, 0) is 48.8 Å². The van der Waals surface area contributed by atoms with Crippen LogP contribution in [0.3, 0.4) is 0 Å². The lowest BCUT2D eigenvalue weighted by atomic mass is 10.1. The molecule has 0 atom stereocenters. The van der Waals surface area contributed by atoms with Crippen molar-refractivity contribution in [3.8, 4) is 0 Å². The second-order valence-corrected chi connectivity index (χ2v) is 4.16. The Morgan fingerprint density at radius 3 is 2.00 bits per heavy atom. The molecule has 0 radical (unpaired) electrons. The monoisotopic (exact) mass is 261 g/mol. The Morgan fingerprint density at radius 1 is 0.800 bits per heavy atom. The number of aliphatic imine (C=N–C) groups is 3. The minimum absolute atomic E-state index is 0.724. The van der Waals surface area contributed by atoms with E-state index >= 15 is 0 Å². The second kappa shape index (κ2) is 6.38. The molecular weight excluding hydrogens is 246 g/mol. The lowest BCUT2D eigenvalue weighted by Gasteiger charge is -2.00. The summed E-state index contributed by atoms with van der Waals surface area (Å²) >= 11 is 0. The van der Waals surface area contributed by atoms with Crippen LogP contribution in [0.4, 0.5) is 17.1 Å². The first-order valence-corrected chi connectivity index (χ1v) is 6.10. The van der Waals surface area contributed by atoms with E-state index in [4.69, 9.17) is 0 Å². The van der Waals surface area contributed by atoms with Crippen molar-refractivity contribution < 1.29 is 0 Å². The first kappa shape index (κ1) is 13.6. The van der Waals surface area contributed by atoms with Gasteiger partial charge in [-0.1, -0.05) is 30.9 Å². The predicted octanol–water partition coefficient (Wildman–Crippen LogP) is 4.74. The van der Waals surface area contributed by atoms with Gasteiger partial charge in [0.1, 0.15) is 0 Å². The molecule has 0 N–H and O–H groups in total. The Labute approximate surface area is 118 Å². The minimum atomic E-state index is 0.724. The van der Waals surface area contributed by atoms with Crippen LogP contribution in [-0.4, -0.2) is 19.6 Å². The number of benzene rings is 2. The highest BCUT2D eigenvalue weighted by atomic mass is 14.8. The van der Waals surface area contributed by atoms with Crippen molar-refractivity contribution in [1.29, 1.82) is 0 Å². The summed E-state index contributed by atoms with van der Waals surface area (Å²) in [5, 5.41) is 0. The quantitative estimate of drug-likeness (QED) is 0.697. The molecule has 0 unspecified atom stereocenters. The molecule has 0 fully saturated rings. The standard InChI is InChI=1S/C17H15N3/c1-4-13-6-5-7-14(8-13)12-20-17-10-15(18-2)9-16(11-17)19-3/h4-12H,1-3H2. The van der Waals surface area contributed by atoms with Gasteiger partial charge in [-0.15, -0.1) is 0 Å². The molecule has 0 saturated carbocycles. The van der Waals surface area contributed by atoms with Crippen LogP contribution in [-0.2, 0) is 0 Å². The van der Waals surface area contributed by atoms with Gasteiger partial charge in [-0.3, -0.25) is 15.0 Å². The molecule has 2 aromatic rings. The van der Waals surface area contributed by atoms with Crippen LogP contribution in [0.5, 0.6) is 0 Å². The molecule has 98 valence electrons. The van der Waals surface area contributed by atoms with E-state index in [1.54, 1.807) is 18.4 Å². The van der Waals surface area contributed by atoms with Crippen LogP contribution in [0.15, 0.2) is 64.0 Å². The summed E-state index contributed by atoms with van der Waals surface area (Å²) in [5.41, 5.74) is 4.28. The van der Waals surface area contributed by atoms with Crippen LogP contribution in [0.2, 0.25) is 0 Å². The first-order chi connectivity index (χ1) is 9.75. The molecule has 0 aromatic heterocycles. The van der Waals surface area contributed by atoms with Gasteiger partial charge in [0.05, 0.1) is 17.1 Å². The van der Waals surface area contributed by atoms with Crippen LogP contribution in [0.1, 0.15) is 11.1 Å². The maximum Gasteiger partial charge on any atom is 0.0672 e. The van der Waals surface area contributed by atoms with Gasteiger partial charge < -0.3 is 0 Å². The molecule has 20 heavy (non-hydrogen) atoms. The predicted molar refractivity (Wildman–Crippen MR) is 88.6 cm³/mol. The topological polar surface area (TPSA) is 37.1 Å². The summed E-state index contributed by atoms with van der Waals surface area (Å²) in [6.45, 7) is 10.8. The zero-order chi connectivity index (χ0) is 14.4. The van der Waals surface area contributed by atoms with E-state index in [-0.39, 0.29) is 0 Å². The molecule has 0 aliphatic heterocycles. The minimum Gasteiger partial charge on any atom is -0.265 e. The molecule has 0 amide bonds. The molecule has 2 aromatic carbocycles. The number of hydrogen-bond donors (Lipinski definition) is 0. The van der Waals surface area contributed by atoms with Crippen molar-refractivity contribution in [1.82, 2.24) is 0 Å². The van der Waals surface area contributed by atoms with E-state index in [9.17, 15) is 0 Å². The summed E-state index contributed by atoms with van der Waals surface area (Å²) in [6, 6.07) is 13.4. The highest BCUT2D eigenvalue weighted by Crippen LogP contribution is 2.27. The Bertz CT molecular complexity index is 658. The Morgan fingerprint density at radius 2 is 1.40 bits per heavy atom. The third kappa shape index (κ3) is 3.36. The first-order valence-electron chi connectivity index (χ1n) is 6.10. The third-order valence-electron chi connectivity index (χ3n) is 2.76. The van der Waals surface area contributed by atoms with Crippen molar-refractivity contribution in [2.45, 2.75) is 0 Å². The second-order valence-electron chi connectivity index (χ2n) is 4.16. The van der Waals surface area contributed by atoms with E-state index in [1.807, 2.05) is 36.4 Å². The highest BCUT2D eigenvalue weighted by molar-refractivity contribution is 5.83. The van der Waals surface area contributed by atoms with Crippen molar-refractivity contribution in [3.05, 3.63) is 60.2 Å². The van der Waals surface area contributed by atoms with Gasteiger partial charge in [0.15, 0.2) is 0 Å². The van der Waals surface area contributed by atoms with Gasteiger partial charge in [0.25, 0.3) is 0 Å². The average Bonchev–Trinajstić information content (AvgIpc) is 2.52. The smallest absolute Gasteiger partial charge is 0.0672 e. The number of hydrogen-bond acceptors (Lipinski definition) is 3. The molecule has 0 heterocycles. The summed E-state index contributed by atoms with van der Waals surface area (Å²) in [4.78, 5) is 12.2. The largest absolute Gasteiger partial charge is 0.265 e. The summed E-state index contributed by atoms with van der Waals surface area (Å²) in [5.74, 6) is 0. The van der Waals surface area contributed by atoms with Crippen LogP contribution >= 0.6 is 0 Å². The highest BCUT2D eigenvalue weighted by Gasteiger charge is 1.97. The lowest BCUT2D eigenvalue weighted by Crippen LogP contribution is -1.81. The molecule has 0 saturated heterocycles. The van der Waals surface area contributed by atoms with Gasteiger partial charge in [-0.2, -0.15) is 0 Å². The van der Waals surface area contributed by atoms with E-state index in [1.165, 1.54) is 0 Å². The van der Waals surface area contributed by atoms with Crippen molar-refractivity contribution in [3.63, 3.8) is 0 Å². The molecule has 3 nitrogen and oxygen atoms in total. The Hall–Kier alpha value is -2.81. The van der Waals surface area contributed by atoms with Crippen molar-refractivity contribution in [2.24, 2.45) is 15.0 Å². The fraction of sp³-hybridized carbons (Fsp3) is 0. The van der Waals surface area contributed by atoms with Crippen LogP contribution < -0.4 is 0 Å². The SMILES string of the molecule is C=Cc1cccc(C=Nc2cc(N=C)cc(N=C)c2)c1. The van der Waals surface area contributed by atoms with E-state index in [2.05, 4.69) is 35.0 Å². The van der Waals surface area contributed by atoms with Gasteiger partial charge in [-0.25, -0.2) is 0 Å². The zero-order valence-electron chi connectivity index (χ0n) is 11.2. The third-order valence-corrected chi connectivity index (χ3v) is 2.76.